The number of nitrogens with one attached hydrogen (secondary N) is 3. The standard InChI is InChI=1S/C9H12N4O4/c1-9(2,3)17-16-8-10-4-5(12-8)11-7(15)13-6(4)14/h1-3H3,(H3,10,11,12,13,14,15). The molecule has 3 N–H and O–H groups in total. The summed E-state index contributed by atoms with van der Waals surface area (Å²) in [6.07, 6.45) is 0. The molecule has 8 heteroatoms. The van der Waals surface area contributed by atoms with Crippen molar-refractivity contribution in [3.05, 3.63) is 20.8 Å². The molecular formula is C9H12N4O4. The van der Waals surface area contributed by atoms with Crippen LogP contribution in [0.25, 0.3) is 11.2 Å². The predicted molar refractivity (Wildman–Crippen MR) is 58.8 cm³/mol. The molecular weight excluding hydrogens is 228 g/mol. The maximum atomic E-state index is 11.4. The highest BCUT2D eigenvalue weighted by molar-refractivity contribution is 5.69. The number of nitrogens with zero attached hydrogens (tertiary/aromatic N) is 1. The first-order valence-electron chi connectivity index (χ1n) is 4.93. The third-order valence-corrected chi connectivity index (χ3v) is 1.74. The fourth-order valence-electron chi connectivity index (χ4n) is 1.11. The van der Waals surface area contributed by atoms with Crippen molar-refractivity contribution in [2.24, 2.45) is 0 Å². The molecule has 0 aliphatic rings. The van der Waals surface area contributed by atoms with Crippen molar-refractivity contribution in [3.8, 4) is 6.01 Å². The average molecular weight is 240 g/mol. The minimum atomic E-state index is -0.628. The van der Waals surface area contributed by atoms with Crippen LogP contribution in [0.2, 0.25) is 0 Å². The van der Waals surface area contributed by atoms with Gasteiger partial charge in [0.1, 0.15) is 5.60 Å². The van der Waals surface area contributed by atoms with E-state index in [-0.39, 0.29) is 17.2 Å². The lowest BCUT2D eigenvalue weighted by molar-refractivity contribution is -0.279. The van der Waals surface area contributed by atoms with Crippen LogP contribution < -0.4 is 16.1 Å². The number of hydrogen-bond donors (Lipinski definition) is 3. The second-order valence-corrected chi connectivity index (χ2v) is 4.45. The van der Waals surface area contributed by atoms with Gasteiger partial charge in [0.2, 0.25) is 0 Å². The number of aromatic nitrogens is 4. The highest BCUT2D eigenvalue weighted by atomic mass is 17.2. The van der Waals surface area contributed by atoms with E-state index in [1.165, 1.54) is 0 Å². The molecule has 2 aromatic rings. The van der Waals surface area contributed by atoms with Crippen molar-refractivity contribution in [2.45, 2.75) is 26.4 Å². The van der Waals surface area contributed by atoms with Crippen LogP contribution in [0.1, 0.15) is 20.8 Å². The van der Waals surface area contributed by atoms with E-state index < -0.39 is 16.9 Å². The molecule has 0 saturated carbocycles. The van der Waals surface area contributed by atoms with Crippen molar-refractivity contribution >= 4 is 11.2 Å². The summed E-state index contributed by atoms with van der Waals surface area (Å²) in [5.74, 6) is 0. The third-order valence-electron chi connectivity index (χ3n) is 1.74. The Bertz CT molecular complexity index is 645. The Balaban J connectivity index is 2.36. The molecule has 0 atom stereocenters. The molecule has 92 valence electrons. The number of aromatic amines is 3. The SMILES string of the molecule is CC(C)(C)OOc1nc2[nH]c(=O)[nH]c(=O)c2[nH]1. The smallest absolute Gasteiger partial charge is 0.299 e. The topological polar surface area (TPSA) is 113 Å². The lowest BCUT2D eigenvalue weighted by Crippen LogP contribution is -2.21. The van der Waals surface area contributed by atoms with Gasteiger partial charge in [0, 0.05) is 0 Å². The summed E-state index contributed by atoms with van der Waals surface area (Å²) < 4.78 is 0. The van der Waals surface area contributed by atoms with Gasteiger partial charge in [-0.15, -0.1) is 0 Å². The molecule has 0 saturated heterocycles. The number of H-pyrrole nitrogens is 3. The molecule has 0 radical (unpaired) electrons. The van der Waals surface area contributed by atoms with E-state index >= 15 is 0 Å². The van der Waals surface area contributed by atoms with Gasteiger partial charge in [0.15, 0.2) is 11.2 Å². The average Bonchev–Trinajstić information content (AvgIpc) is 2.56. The number of imidazole rings is 1. The van der Waals surface area contributed by atoms with Crippen molar-refractivity contribution in [3.63, 3.8) is 0 Å². The molecule has 8 nitrogen and oxygen atoms in total. The first kappa shape index (κ1) is 11.4. The van der Waals surface area contributed by atoms with Gasteiger partial charge in [0.05, 0.1) is 0 Å². The molecule has 0 bridgehead atoms. The van der Waals surface area contributed by atoms with Crippen LogP contribution in [0.15, 0.2) is 9.59 Å². The molecule has 0 fully saturated rings. The van der Waals surface area contributed by atoms with Gasteiger partial charge in [0.25, 0.3) is 5.56 Å². The number of rotatable bonds is 2. The zero-order chi connectivity index (χ0) is 12.6. The molecule has 0 spiro atoms. The van der Waals surface area contributed by atoms with E-state index in [2.05, 4.69) is 19.9 Å². The molecule has 0 aromatic carbocycles. The Morgan fingerprint density at radius 2 is 1.82 bits per heavy atom. The molecule has 2 heterocycles. The summed E-state index contributed by atoms with van der Waals surface area (Å²) in [5, 5.41) is 0. The highest BCUT2D eigenvalue weighted by Crippen LogP contribution is 2.13. The zero-order valence-corrected chi connectivity index (χ0v) is 9.58. The normalized spacial score (nSPS) is 11.9. The van der Waals surface area contributed by atoms with Crippen molar-refractivity contribution < 1.29 is 9.78 Å². The van der Waals surface area contributed by atoms with Crippen LogP contribution in [0.3, 0.4) is 0 Å². The maximum Gasteiger partial charge on any atom is 0.333 e. The Hall–Kier alpha value is -2.09. The molecule has 0 unspecified atom stereocenters. The molecule has 17 heavy (non-hydrogen) atoms. The Labute approximate surface area is 94.9 Å². The quantitative estimate of drug-likeness (QED) is 0.507. The molecule has 0 amide bonds. The lowest BCUT2D eigenvalue weighted by Gasteiger charge is -2.15. The van der Waals surface area contributed by atoms with E-state index in [1.54, 1.807) is 20.8 Å². The van der Waals surface area contributed by atoms with E-state index in [1.807, 2.05) is 0 Å². The Kier molecular flexibility index (Phi) is 2.50. The molecule has 2 aromatic heterocycles. The minimum absolute atomic E-state index is 0.00211. The Morgan fingerprint density at radius 1 is 1.12 bits per heavy atom. The van der Waals surface area contributed by atoms with Gasteiger partial charge in [-0.05, 0) is 20.8 Å². The summed E-state index contributed by atoms with van der Waals surface area (Å²) in [4.78, 5) is 43.2. The first-order chi connectivity index (χ1) is 7.85. The summed E-state index contributed by atoms with van der Waals surface area (Å²) in [6, 6.07) is 0.00211. The Morgan fingerprint density at radius 3 is 2.47 bits per heavy atom. The van der Waals surface area contributed by atoms with Gasteiger partial charge in [-0.2, -0.15) is 9.87 Å². The minimum Gasteiger partial charge on any atom is -0.299 e. The van der Waals surface area contributed by atoms with Gasteiger partial charge in [-0.3, -0.25) is 24.6 Å². The van der Waals surface area contributed by atoms with E-state index in [0.717, 1.165) is 0 Å². The summed E-state index contributed by atoms with van der Waals surface area (Å²) in [6.45, 7) is 5.39. The fourth-order valence-corrected chi connectivity index (χ4v) is 1.11. The van der Waals surface area contributed by atoms with Crippen LogP contribution >= 0.6 is 0 Å². The second-order valence-electron chi connectivity index (χ2n) is 4.45. The van der Waals surface area contributed by atoms with Crippen molar-refractivity contribution in [1.29, 1.82) is 0 Å². The molecule has 0 aliphatic carbocycles. The summed E-state index contributed by atoms with van der Waals surface area (Å²) in [5.41, 5.74) is -1.47. The van der Waals surface area contributed by atoms with Crippen molar-refractivity contribution in [1.82, 2.24) is 19.9 Å². The monoisotopic (exact) mass is 240 g/mol. The third kappa shape index (κ3) is 2.53. The largest absolute Gasteiger partial charge is 0.333 e. The van der Waals surface area contributed by atoms with E-state index in [0.29, 0.717) is 0 Å². The van der Waals surface area contributed by atoms with Gasteiger partial charge in [-0.25, -0.2) is 4.79 Å². The number of fused-ring (bicyclic) bond motifs is 1. The van der Waals surface area contributed by atoms with Crippen LogP contribution in [-0.4, -0.2) is 25.5 Å². The summed E-state index contributed by atoms with van der Waals surface area (Å²) >= 11 is 0. The van der Waals surface area contributed by atoms with Gasteiger partial charge >= 0.3 is 11.7 Å². The highest BCUT2D eigenvalue weighted by Gasteiger charge is 2.15. The summed E-state index contributed by atoms with van der Waals surface area (Å²) in [7, 11) is 0. The van der Waals surface area contributed by atoms with Crippen LogP contribution in [0, 0.1) is 0 Å². The first-order valence-corrected chi connectivity index (χ1v) is 4.93. The van der Waals surface area contributed by atoms with Crippen molar-refractivity contribution in [2.75, 3.05) is 0 Å². The van der Waals surface area contributed by atoms with Crippen LogP contribution in [0.5, 0.6) is 6.01 Å². The van der Waals surface area contributed by atoms with Crippen LogP contribution in [-0.2, 0) is 4.89 Å². The second kappa shape index (κ2) is 3.74. The van der Waals surface area contributed by atoms with Gasteiger partial charge in [-0.1, -0.05) is 0 Å². The van der Waals surface area contributed by atoms with Gasteiger partial charge < -0.3 is 0 Å². The van der Waals surface area contributed by atoms with E-state index in [4.69, 9.17) is 9.78 Å². The maximum absolute atomic E-state index is 11.4. The van der Waals surface area contributed by atoms with E-state index in [9.17, 15) is 9.59 Å². The lowest BCUT2D eigenvalue weighted by atomic mass is 10.2. The predicted octanol–water partition coefficient (Wildman–Crippen LogP) is 0.0484. The van der Waals surface area contributed by atoms with Crippen LogP contribution in [0.4, 0.5) is 0 Å². The molecule has 2 rings (SSSR count). The molecule has 0 aliphatic heterocycles. The zero-order valence-electron chi connectivity index (χ0n) is 9.58. The number of hydrogen-bond acceptors (Lipinski definition) is 5. The fraction of sp³-hybridized carbons (Fsp3) is 0.444.